The first kappa shape index (κ1) is 14.5. The Morgan fingerprint density at radius 2 is 2.09 bits per heavy atom. The van der Waals surface area contributed by atoms with Gasteiger partial charge in [-0.3, -0.25) is 0 Å². The maximum atomic E-state index is 9.94. The molecule has 0 bridgehead atoms. The molecule has 0 heterocycles. The van der Waals surface area contributed by atoms with Crippen LogP contribution < -0.4 is 56.5 Å². The average Bonchev–Trinajstić information content (AvgIpc) is 1.59. The number of hydrogen-bond donors (Lipinski definition) is 2. The summed E-state index contributed by atoms with van der Waals surface area (Å²) < 4.78 is 0. The van der Waals surface area contributed by atoms with E-state index in [1.165, 1.54) is 6.92 Å². The van der Waals surface area contributed by atoms with Crippen LogP contribution in [0.1, 0.15) is 19.8 Å². The van der Waals surface area contributed by atoms with Gasteiger partial charge in [0.05, 0.1) is 5.60 Å². The van der Waals surface area contributed by atoms with Crippen LogP contribution >= 0.6 is 0 Å². The molecule has 0 rings (SSSR count). The number of carboxylic acid groups (broad SMARTS) is 1. The van der Waals surface area contributed by atoms with Gasteiger partial charge in [-0.1, -0.05) is 0 Å². The van der Waals surface area contributed by atoms with Gasteiger partial charge in [-0.05, 0) is 13.3 Å². The first-order valence-corrected chi connectivity index (χ1v) is 3.01. The summed E-state index contributed by atoms with van der Waals surface area (Å²) in [6, 6.07) is 0. The zero-order valence-corrected chi connectivity index (χ0v) is 9.96. The third kappa shape index (κ3) is 8.94. The summed E-state index contributed by atoms with van der Waals surface area (Å²) in [6.45, 7) is 1.12. The average molecular weight is 186 g/mol. The van der Waals surface area contributed by atoms with Crippen molar-refractivity contribution in [1.29, 1.82) is 0 Å². The Bertz CT molecular complexity index is 124. The number of carbonyl (C=O) groups excluding carboxylic acids is 1. The summed E-state index contributed by atoms with van der Waals surface area (Å²) in [5, 5.41) is 27.4. The molecule has 0 aromatic carbocycles. The first-order chi connectivity index (χ1) is 4.48. The van der Waals surface area contributed by atoms with Crippen LogP contribution in [0.5, 0.6) is 0 Å². The molecule has 0 aromatic heterocycles. The van der Waals surface area contributed by atoms with E-state index in [-0.39, 0.29) is 64.4 Å². The normalized spacial score (nSPS) is 14.8. The third-order valence-corrected chi connectivity index (χ3v) is 1.18. The Kier molecular flexibility index (Phi) is 8.64. The number of aliphatic hydroxyl groups excluding tert-OH is 1. The Morgan fingerprint density at radius 3 is 2.36 bits per heavy atom. The van der Waals surface area contributed by atoms with Crippen LogP contribution in [0.15, 0.2) is 0 Å². The number of aliphatic carboxylic acids is 1. The number of aliphatic hydroxyl groups is 2. The van der Waals surface area contributed by atoms with E-state index in [1.54, 1.807) is 0 Å². The number of carboxylic acids is 1. The van der Waals surface area contributed by atoms with Crippen molar-refractivity contribution in [3.8, 4) is 0 Å². The van der Waals surface area contributed by atoms with Gasteiger partial charge in [0.15, 0.2) is 0 Å². The van der Waals surface area contributed by atoms with Gasteiger partial charge >= 0.3 is 51.4 Å². The molecular weight excluding hydrogens is 175 g/mol. The van der Waals surface area contributed by atoms with Crippen molar-refractivity contribution in [3.05, 3.63) is 0 Å². The minimum atomic E-state index is -1.34. The monoisotopic (exact) mass is 186 g/mol. The van der Waals surface area contributed by atoms with E-state index in [1.807, 2.05) is 0 Å². The summed E-state index contributed by atoms with van der Waals surface area (Å²) >= 11 is 0. The Labute approximate surface area is 108 Å². The van der Waals surface area contributed by atoms with Crippen LogP contribution in [-0.4, -0.2) is 28.4 Å². The van der Waals surface area contributed by atoms with Crippen LogP contribution in [0.25, 0.3) is 0 Å². The summed E-state index contributed by atoms with van der Waals surface area (Å²) in [7, 11) is 0. The molecule has 60 valence electrons. The molecular formula is C6H11KO4. The van der Waals surface area contributed by atoms with Crippen LogP contribution in [0, 0.1) is 0 Å². The van der Waals surface area contributed by atoms with Gasteiger partial charge in [0, 0.05) is 19.0 Å². The summed E-state index contributed by atoms with van der Waals surface area (Å²) in [4.78, 5) is 9.94. The standard InChI is InChI=1S/C6H12O4.K/c1-6(10,2-3-7)4-5(8)9;/h7,10H,2-4H2,1H3,(H,8,9);/q;+1/p-1/t6-;/m1./s1. The van der Waals surface area contributed by atoms with Crippen molar-refractivity contribution in [1.82, 2.24) is 0 Å². The summed E-state index contributed by atoms with van der Waals surface area (Å²) in [6.07, 6.45) is -0.380. The quantitative estimate of drug-likeness (QED) is 0.432. The van der Waals surface area contributed by atoms with Gasteiger partial charge in [-0.2, -0.15) is 0 Å². The van der Waals surface area contributed by atoms with Crippen molar-refractivity contribution < 1.29 is 71.5 Å². The maximum Gasteiger partial charge on any atom is 1.00 e. The van der Waals surface area contributed by atoms with E-state index in [4.69, 9.17) is 10.2 Å². The van der Waals surface area contributed by atoms with Crippen molar-refractivity contribution in [2.45, 2.75) is 25.4 Å². The van der Waals surface area contributed by atoms with Crippen molar-refractivity contribution in [2.24, 2.45) is 0 Å². The minimum Gasteiger partial charge on any atom is -0.550 e. The number of hydrogen-bond acceptors (Lipinski definition) is 4. The molecule has 0 aromatic rings. The molecule has 0 aliphatic carbocycles. The predicted molar refractivity (Wildman–Crippen MR) is 32.0 cm³/mol. The fourth-order valence-electron chi connectivity index (χ4n) is 0.640. The smallest absolute Gasteiger partial charge is 0.550 e. The van der Waals surface area contributed by atoms with Crippen LogP contribution in [0.2, 0.25) is 0 Å². The molecule has 0 aliphatic rings. The molecule has 5 heteroatoms. The van der Waals surface area contributed by atoms with E-state index in [0.29, 0.717) is 0 Å². The van der Waals surface area contributed by atoms with E-state index in [0.717, 1.165) is 0 Å². The van der Waals surface area contributed by atoms with Crippen LogP contribution in [0.3, 0.4) is 0 Å². The summed E-state index contributed by atoms with van der Waals surface area (Å²) in [5.74, 6) is -1.31. The second-order valence-electron chi connectivity index (χ2n) is 2.52. The molecule has 2 N–H and O–H groups in total. The van der Waals surface area contributed by atoms with Crippen LogP contribution in [-0.2, 0) is 4.79 Å². The fraction of sp³-hybridized carbons (Fsp3) is 0.833. The summed E-state index contributed by atoms with van der Waals surface area (Å²) in [5.41, 5.74) is -1.34. The topological polar surface area (TPSA) is 80.6 Å². The Balaban J connectivity index is 0. The molecule has 0 unspecified atom stereocenters. The van der Waals surface area contributed by atoms with Gasteiger partial charge in [-0.15, -0.1) is 0 Å². The zero-order chi connectivity index (χ0) is 8.20. The van der Waals surface area contributed by atoms with Crippen molar-refractivity contribution in [3.63, 3.8) is 0 Å². The zero-order valence-electron chi connectivity index (χ0n) is 6.83. The first-order valence-electron chi connectivity index (χ1n) is 3.01. The molecule has 4 nitrogen and oxygen atoms in total. The molecule has 0 saturated carbocycles. The molecule has 0 spiro atoms. The molecule has 0 amide bonds. The third-order valence-electron chi connectivity index (χ3n) is 1.18. The minimum absolute atomic E-state index is 0. The van der Waals surface area contributed by atoms with Crippen LogP contribution in [0.4, 0.5) is 0 Å². The van der Waals surface area contributed by atoms with E-state index < -0.39 is 18.0 Å². The maximum absolute atomic E-state index is 9.94. The van der Waals surface area contributed by atoms with Gasteiger partial charge in [0.1, 0.15) is 0 Å². The molecule has 0 aliphatic heterocycles. The SMILES string of the molecule is C[C@@](O)(CCO)CC(=O)[O-].[K+]. The van der Waals surface area contributed by atoms with Gasteiger partial charge in [0.25, 0.3) is 0 Å². The van der Waals surface area contributed by atoms with E-state index >= 15 is 0 Å². The van der Waals surface area contributed by atoms with E-state index in [2.05, 4.69) is 0 Å². The fourth-order valence-corrected chi connectivity index (χ4v) is 0.640. The number of carbonyl (C=O) groups is 1. The second-order valence-corrected chi connectivity index (χ2v) is 2.52. The molecule has 1 atom stereocenters. The largest absolute Gasteiger partial charge is 1.00 e. The Morgan fingerprint density at radius 1 is 1.64 bits per heavy atom. The van der Waals surface area contributed by atoms with Crippen molar-refractivity contribution in [2.75, 3.05) is 6.61 Å². The molecule has 11 heavy (non-hydrogen) atoms. The molecule has 0 saturated heterocycles. The molecule has 0 radical (unpaired) electrons. The van der Waals surface area contributed by atoms with Gasteiger partial charge in [0.2, 0.25) is 0 Å². The molecule has 0 fully saturated rings. The second kappa shape index (κ2) is 6.53. The Hall–Kier alpha value is 1.03. The number of rotatable bonds is 4. The van der Waals surface area contributed by atoms with Gasteiger partial charge in [-0.25, -0.2) is 0 Å². The van der Waals surface area contributed by atoms with E-state index in [9.17, 15) is 9.90 Å². The van der Waals surface area contributed by atoms with Gasteiger partial charge < -0.3 is 20.1 Å². The predicted octanol–water partition coefficient (Wildman–Crippen LogP) is -4.74. The van der Waals surface area contributed by atoms with Crippen molar-refractivity contribution >= 4 is 5.97 Å².